The highest BCUT2D eigenvalue weighted by Gasteiger charge is 2.24. The van der Waals surface area contributed by atoms with Crippen molar-refractivity contribution in [3.63, 3.8) is 0 Å². The van der Waals surface area contributed by atoms with Crippen LogP contribution in [0.2, 0.25) is 0 Å². The van der Waals surface area contributed by atoms with Gasteiger partial charge in [-0.05, 0) is 31.6 Å². The van der Waals surface area contributed by atoms with Gasteiger partial charge >= 0.3 is 0 Å². The minimum Gasteiger partial charge on any atom is -0.398 e. The molecule has 216 valence electrons. The summed E-state index contributed by atoms with van der Waals surface area (Å²) in [5.41, 5.74) is 9.64. The topological polar surface area (TPSA) is 129 Å². The highest BCUT2D eigenvalue weighted by molar-refractivity contribution is 7.19. The molecule has 11 heteroatoms. The zero-order chi connectivity index (χ0) is 28.9. The summed E-state index contributed by atoms with van der Waals surface area (Å²) in [6, 6.07) is 7.70. The molecule has 4 heterocycles. The van der Waals surface area contributed by atoms with Crippen LogP contribution < -0.4 is 10.6 Å². The Morgan fingerprint density at radius 2 is 1.85 bits per heavy atom. The molecule has 2 aliphatic rings. The largest absolute Gasteiger partial charge is 0.398 e. The molecule has 1 aromatic carbocycles. The molecule has 0 unspecified atom stereocenters. The average molecular weight is 576 g/mol. The molecule has 41 heavy (non-hydrogen) atoms. The number of nitrogens with one attached hydrogen (secondary N) is 1. The van der Waals surface area contributed by atoms with Crippen molar-refractivity contribution in [2.24, 2.45) is 0 Å². The van der Waals surface area contributed by atoms with Crippen molar-refractivity contribution in [3.8, 4) is 11.4 Å². The van der Waals surface area contributed by atoms with Crippen LogP contribution in [0.1, 0.15) is 37.1 Å². The molecule has 0 atom stereocenters. The van der Waals surface area contributed by atoms with Crippen LogP contribution in [-0.2, 0) is 20.9 Å². The third-order valence-electron chi connectivity index (χ3n) is 7.78. The van der Waals surface area contributed by atoms with Gasteiger partial charge in [-0.25, -0.2) is 9.97 Å². The van der Waals surface area contributed by atoms with Gasteiger partial charge in [0.25, 0.3) is 0 Å². The summed E-state index contributed by atoms with van der Waals surface area (Å²) in [4.78, 5) is 42.4. The molecule has 5 rings (SSSR count). The number of ketones is 1. The maximum absolute atomic E-state index is 12.7. The second kappa shape index (κ2) is 12.9. The molecule has 0 aliphatic carbocycles. The Balaban J connectivity index is 1.33. The van der Waals surface area contributed by atoms with Gasteiger partial charge in [0, 0.05) is 86.6 Å². The first-order chi connectivity index (χ1) is 19.9. The van der Waals surface area contributed by atoms with E-state index in [2.05, 4.69) is 15.9 Å². The van der Waals surface area contributed by atoms with Gasteiger partial charge in [-0.15, -0.1) is 11.3 Å². The quantitative estimate of drug-likeness (QED) is 0.224. The number of Topliss-reactive ketones (excluding diaryl/α,β-unsaturated/α-hetero) is 1. The van der Waals surface area contributed by atoms with Gasteiger partial charge in [-0.2, -0.15) is 0 Å². The number of ether oxygens (including phenoxy) is 1. The SMILES string of the molecule is C/C=C(\C)C(=O)CCC(=O)N1CCN(Cc2cc3nc(-c4cccc(N)c4C=N)nc(N4CCOCC4)c3s2)CC1. The van der Waals surface area contributed by atoms with Gasteiger partial charge in [0.2, 0.25) is 5.91 Å². The molecular weight excluding hydrogens is 538 g/mol. The monoisotopic (exact) mass is 575 g/mol. The Morgan fingerprint density at radius 3 is 2.56 bits per heavy atom. The van der Waals surface area contributed by atoms with Crippen molar-refractivity contribution in [1.29, 1.82) is 5.41 Å². The Morgan fingerprint density at radius 1 is 1.10 bits per heavy atom. The lowest BCUT2D eigenvalue weighted by atomic mass is 10.1. The van der Waals surface area contributed by atoms with Crippen LogP contribution in [0.3, 0.4) is 0 Å². The van der Waals surface area contributed by atoms with Gasteiger partial charge in [-0.3, -0.25) is 14.5 Å². The fraction of sp³-hybridized carbons (Fsp3) is 0.433. The van der Waals surface area contributed by atoms with Crippen molar-refractivity contribution >= 4 is 51.0 Å². The Bertz CT molecular complexity index is 1470. The maximum atomic E-state index is 12.7. The molecule has 1 amide bonds. The summed E-state index contributed by atoms with van der Waals surface area (Å²) in [5, 5.41) is 7.91. The average Bonchev–Trinajstić information content (AvgIpc) is 3.41. The summed E-state index contributed by atoms with van der Waals surface area (Å²) < 4.78 is 6.63. The van der Waals surface area contributed by atoms with Crippen LogP contribution in [0.15, 0.2) is 35.9 Å². The van der Waals surface area contributed by atoms with Crippen molar-refractivity contribution in [2.75, 3.05) is 63.1 Å². The highest BCUT2D eigenvalue weighted by Crippen LogP contribution is 2.36. The van der Waals surface area contributed by atoms with Crippen LogP contribution in [0, 0.1) is 5.41 Å². The van der Waals surface area contributed by atoms with Crippen molar-refractivity contribution in [3.05, 3.63) is 46.4 Å². The number of rotatable bonds is 9. The number of fused-ring (bicyclic) bond motifs is 1. The normalized spacial score (nSPS) is 16.8. The Labute approximate surface area is 244 Å². The number of carbonyl (C=O) groups is 2. The molecular formula is C30H37N7O3S. The van der Waals surface area contributed by atoms with Gasteiger partial charge in [0.15, 0.2) is 17.4 Å². The van der Waals surface area contributed by atoms with E-state index in [1.54, 1.807) is 30.4 Å². The number of amides is 1. The van der Waals surface area contributed by atoms with E-state index >= 15 is 0 Å². The van der Waals surface area contributed by atoms with Gasteiger partial charge in [0.05, 0.1) is 23.4 Å². The fourth-order valence-electron chi connectivity index (χ4n) is 5.20. The number of aromatic nitrogens is 2. The van der Waals surface area contributed by atoms with Crippen LogP contribution in [-0.4, -0.2) is 90.2 Å². The van der Waals surface area contributed by atoms with Crippen LogP contribution >= 0.6 is 11.3 Å². The number of allylic oxidation sites excluding steroid dienone is 2. The van der Waals surface area contributed by atoms with E-state index in [1.807, 2.05) is 24.0 Å². The standard InChI is InChI=1S/C30H37N7O3S/c1-3-20(2)26(38)7-8-27(39)36-11-9-35(10-12-36)19-21-17-25-28(41-21)30(37-13-15-40-16-14-37)34-29(33-25)22-5-4-6-24(32)23(22)18-31/h3-6,17-18,31H,7-16,19,32H2,1-2H3/b20-3+,31-18?. The molecule has 10 nitrogen and oxygen atoms in total. The summed E-state index contributed by atoms with van der Waals surface area (Å²) in [5.74, 6) is 1.54. The van der Waals surface area contributed by atoms with E-state index in [0.717, 1.165) is 54.3 Å². The Kier molecular flexibility index (Phi) is 9.06. The van der Waals surface area contributed by atoms with Crippen molar-refractivity contribution < 1.29 is 14.3 Å². The van der Waals surface area contributed by atoms with Crippen molar-refractivity contribution in [2.45, 2.75) is 33.2 Å². The van der Waals surface area contributed by atoms with Gasteiger partial charge < -0.3 is 25.7 Å². The minimum atomic E-state index is 0.0386. The first-order valence-electron chi connectivity index (χ1n) is 14.1. The number of carbonyl (C=O) groups excluding carboxylic acids is 2. The minimum absolute atomic E-state index is 0.0386. The summed E-state index contributed by atoms with van der Waals surface area (Å²) in [7, 11) is 0. The molecule has 0 radical (unpaired) electrons. The number of hydrogen-bond donors (Lipinski definition) is 2. The smallest absolute Gasteiger partial charge is 0.223 e. The number of nitrogens with zero attached hydrogens (tertiary/aromatic N) is 5. The second-order valence-electron chi connectivity index (χ2n) is 10.4. The third-order valence-corrected chi connectivity index (χ3v) is 8.89. The number of piperazine rings is 1. The number of anilines is 2. The molecule has 0 spiro atoms. The number of nitrogen functional groups attached to an aromatic ring is 1. The Hall–Kier alpha value is -3.67. The first-order valence-corrected chi connectivity index (χ1v) is 14.9. The fourth-order valence-corrected chi connectivity index (χ4v) is 6.36. The zero-order valence-electron chi connectivity index (χ0n) is 23.7. The molecule has 3 aromatic rings. The number of nitrogens with two attached hydrogens (primary N) is 1. The van der Waals surface area contributed by atoms with Crippen LogP contribution in [0.5, 0.6) is 0 Å². The summed E-state index contributed by atoms with van der Waals surface area (Å²) in [6.07, 6.45) is 3.58. The maximum Gasteiger partial charge on any atom is 0.223 e. The predicted octanol–water partition coefficient (Wildman–Crippen LogP) is 3.73. The van der Waals surface area contributed by atoms with Crippen LogP contribution in [0.4, 0.5) is 11.5 Å². The highest BCUT2D eigenvalue weighted by atomic mass is 32.1. The number of thiophene rings is 1. The lowest BCUT2D eigenvalue weighted by molar-refractivity contribution is -0.134. The van der Waals surface area contributed by atoms with Gasteiger partial charge in [0.1, 0.15) is 0 Å². The van der Waals surface area contributed by atoms with E-state index in [9.17, 15) is 9.59 Å². The number of morpholine rings is 1. The van der Waals surface area contributed by atoms with E-state index in [4.69, 9.17) is 25.8 Å². The van der Waals surface area contributed by atoms with Gasteiger partial charge in [-0.1, -0.05) is 18.2 Å². The lowest BCUT2D eigenvalue weighted by Crippen LogP contribution is -2.48. The zero-order valence-corrected chi connectivity index (χ0v) is 24.5. The van der Waals surface area contributed by atoms with E-state index in [0.29, 0.717) is 49.0 Å². The van der Waals surface area contributed by atoms with Crippen molar-refractivity contribution in [1.82, 2.24) is 19.8 Å². The van der Waals surface area contributed by atoms with Crippen LogP contribution in [0.25, 0.3) is 21.6 Å². The number of benzene rings is 1. The molecule has 2 saturated heterocycles. The van der Waals surface area contributed by atoms with E-state index in [1.165, 1.54) is 11.1 Å². The lowest BCUT2D eigenvalue weighted by Gasteiger charge is -2.34. The molecule has 0 saturated carbocycles. The molecule has 2 fully saturated rings. The van der Waals surface area contributed by atoms with E-state index in [-0.39, 0.29) is 24.5 Å². The molecule has 2 aromatic heterocycles. The molecule has 0 bridgehead atoms. The second-order valence-corrected chi connectivity index (χ2v) is 11.5. The third kappa shape index (κ3) is 6.47. The summed E-state index contributed by atoms with van der Waals surface area (Å²) >= 11 is 1.71. The predicted molar refractivity (Wildman–Crippen MR) is 164 cm³/mol. The number of hydrogen-bond acceptors (Lipinski definition) is 10. The molecule has 2 aliphatic heterocycles. The van der Waals surface area contributed by atoms with E-state index < -0.39 is 0 Å². The molecule has 3 N–H and O–H groups in total. The summed E-state index contributed by atoms with van der Waals surface area (Å²) in [6.45, 7) is 10.1. The first kappa shape index (κ1) is 28.8.